The summed E-state index contributed by atoms with van der Waals surface area (Å²) in [7, 11) is 0. The highest BCUT2D eigenvalue weighted by molar-refractivity contribution is 6.23. The van der Waals surface area contributed by atoms with Crippen LogP contribution in [0.1, 0.15) is 44.7 Å². The topological polar surface area (TPSA) is 0 Å². The third-order valence-corrected chi connectivity index (χ3v) is 11.5. The summed E-state index contributed by atoms with van der Waals surface area (Å²) in [6.07, 6.45) is 0. The second-order valence-electron chi connectivity index (χ2n) is 14.3. The average Bonchev–Trinajstić information content (AvgIpc) is 3.28. The molecule has 0 saturated heterocycles. The first-order chi connectivity index (χ1) is 22.9. The first kappa shape index (κ1) is 28.1. The molecule has 47 heavy (non-hydrogen) atoms. The second kappa shape index (κ2) is 10.4. The standard InChI is InChI=1S/C47H38/c1-29-30(2)47(3,4)44-28-43-42(27-40(29)44)45(37-20-18-32-14-8-10-16-34(32)24-37)39-23-22-36(31-12-6-5-7-13-31)26-41(39)46(43)38-21-19-33-15-9-11-17-35(33)25-38/h5-30H,1-4H3. The van der Waals surface area contributed by atoms with Crippen LogP contribution in [-0.2, 0) is 5.41 Å². The summed E-state index contributed by atoms with van der Waals surface area (Å²) in [5.74, 6) is 1.05. The summed E-state index contributed by atoms with van der Waals surface area (Å²) in [4.78, 5) is 0. The third-order valence-electron chi connectivity index (χ3n) is 11.5. The second-order valence-corrected chi connectivity index (χ2v) is 14.3. The van der Waals surface area contributed by atoms with Crippen molar-refractivity contribution in [3.8, 4) is 33.4 Å². The molecular weight excluding hydrogens is 565 g/mol. The molecule has 0 heteroatoms. The Balaban J connectivity index is 1.48. The van der Waals surface area contributed by atoms with Crippen molar-refractivity contribution in [2.45, 2.75) is 39.0 Å². The Hall–Kier alpha value is -5.20. The van der Waals surface area contributed by atoms with Gasteiger partial charge in [-0.2, -0.15) is 0 Å². The molecule has 1 aliphatic rings. The summed E-state index contributed by atoms with van der Waals surface area (Å²) in [5, 5.41) is 10.4. The predicted octanol–water partition coefficient (Wildman–Crippen LogP) is 13.3. The first-order valence-electron chi connectivity index (χ1n) is 17.0. The molecule has 1 aliphatic carbocycles. The van der Waals surface area contributed by atoms with Gasteiger partial charge in [0.15, 0.2) is 0 Å². The minimum absolute atomic E-state index is 0.0908. The van der Waals surface area contributed by atoms with Gasteiger partial charge in [-0.05, 0) is 135 Å². The van der Waals surface area contributed by atoms with Gasteiger partial charge in [-0.3, -0.25) is 0 Å². The largest absolute Gasteiger partial charge is 0.0622 e. The van der Waals surface area contributed by atoms with E-state index in [9.17, 15) is 0 Å². The lowest BCUT2D eigenvalue weighted by Gasteiger charge is -2.27. The van der Waals surface area contributed by atoms with Gasteiger partial charge in [0.1, 0.15) is 0 Å². The molecule has 226 valence electrons. The fourth-order valence-electron chi connectivity index (χ4n) is 8.49. The third kappa shape index (κ3) is 4.28. The highest BCUT2D eigenvalue weighted by Gasteiger charge is 2.42. The van der Waals surface area contributed by atoms with Gasteiger partial charge in [-0.25, -0.2) is 0 Å². The van der Waals surface area contributed by atoms with E-state index >= 15 is 0 Å². The molecule has 0 saturated carbocycles. The molecule has 8 aromatic carbocycles. The molecule has 0 aliphatic heterocycles. The molecule has 2 atom stereocenters. The summed E-state index contributed by atoms with van der Waals surface area (Å²) >= 11 is 0. The van der Waals surface area contributed by atoms with Crippen molar-refractivity contribution >= 4 is 43.1 Å². The summed E-state index contributed by atoms with van der Waals surface area (Å²) in [6, 6.07) is 54.6. The lowest BCUT2D eigenvalue weighted by atomic mass is 9.77. The van der Waals surface area contributed by atoms with Gasteiger partial charge < -0.3 is 0 Å². The Morgan fingerprint density at radius 2 is 0.915 bits per heavy atom. The predicted molar refractivity (Wildman–Crippen MR) is 203 cm³/mol. The maximum Gasteiger partial charge on any atom is -0.00258 e. The SMILES string of the molecule is CC1c2cc3c(-c4ccc5ccccc5c4)c4ccc(-c5ccccc5)cc4c(-c4ccc5ccccc5c4)c3cc2C(C)(C)C1C. The molecule has 0 amide bonds. The van der Waals surface area contributed by atoms with Crippen molar-refractivity contribution in [1.29, 1.82) is 0 Å². The van der Waals surface area contributed by atoms with Gasteiger partial charge in [-0.1, -0.05) is 143 Å². The average molecular weight is 603 g/mol. The molecule has 0 nitrogen and oxygen atoms in total. The van der Waals surface area contributed by atoms with Crippen LogP contribution in [0.2, 0.25) is 0 Å². The highest BCUT2D eigenvalue weighted by Crippen LogP contribution is 2.54. The van der Waals surface area contributed by atoms with Crippen LogP contribution in [0.5, 0.6) is 0 Å². The molecule has 0 fully saturated rings. The highest BCUT2D eigenvalue weighted by atomic mass is 14.5. The van der Waals surface area contributed by atoms with Crippen molar-refractivity contribution in [2.75, 3.05) is 0 Å². The summed E-state index contributed by atoms with van der Waals surface area (Å²) < 4.78 is 0. The minimum Gasteiger partial charge on any atom is -0.0622 e. The maximum atomic E-state index is 2.58. The van der Waals surface area contributed by atoms with Crippen molar-refractivity contribution in [3.63, 3.8) is 0 Å². The van der Waals surface area contributed by atoms with Gasteiger partial charge in [-0.15, -0.1) is 0 Å². The smallest absolute Gasteiger partial charge is 0.00258 e. The van der Waals surface area contributed by atoms with Crippen molar-refractivity contribution < 1.29 is 0 Å². The van der Waals surface area contributed by atoms with E-state index in [2.05, 4.69) is 173 Å². The van der Waals surface area contributed by atoms with Crippen LogP contribution in [0.25, 0.3) is 76.5 Å². The Morgan fingerprint density at radius 1 is 0.404 bits per heavy atom. The van der Waals surface area contributed by atoms with E-state index in [0.29, 0.717) is 11.8 Å². The van der Waals surface area contributed by atoms with Crippen molar-refractivity contribution in [1.82, 2.24) is 0 Å². The fraction of sp³-hybridized carbons (Fsp3) is 0.149. The molecule has 0 aromatic heterocycles. The van der Waals surface area contributed by atoms with Gasteiger partial charge in [0.25, 0.3) is 0 Å². The van der Waals surface area contributed by atoms with Crippen LogP contribution >= 0.6 is 0 Å². The van der Waals surface area contributed by atoms with Gasteiger partial charge in [0.2, 0.25) is 0 Å². The molecule has 0 bridgehead atoms. The molecule has 0 spiro atoms. The lowest BCUT2D eigenvalue weighted by molar-refractivity contribution is 0.342. The van der Waals surface area contributed by atoms with E-state index in [0.717, 1.165) is 0 Å². The zero-order valence-electron chi connectivity index (χ0n) is 27.5. The van der Waals surface area contributed by atoms with Crippen molar-refractivity contribution in [3.05, 3.63) is 157 Å². The van der Waals surface area contributed by atoms with E-state index < -0.39 is 0 Å². The van der Waals surface area contributed by atoms with E-state index in [1.165, 1.54) is 87.6 Å². The van der Waals surface area contributed by atoms with Crippen LogP contribution < -0.4 is 0 Å². The molecule has 0 N–H and O–H groups in total. The minimum atomic E-state index is 0.0908. The molecule has 2 unspecified atom stereocenters. The Kier molecular flexibility index (Phi) is 6.21. The number of hydrogen-bond donors (Lipinski definition) is 0. The van der Waals surface area contributed by atoms with Crippen LogP contribution in [0.15, 0.2) is 146 Å². The zero-order valence-corrected chi connectivity index (χ0v) is 27.5. The first-order valence-corrected chi connectivity index (χ1v) is 17.0. The Morgan fingerprint density at radius 3 is 1.55 bits per heavy atom. The van der Waals surface area contributed by atoms with E-state index in [4.69, 9.17) is 0 Å². The van der Waals surface area contributed by atoms with Gasteiger partial charge in [0.05, 0.1) is 0 Å². The van der Waals surface area contributed by atoms with Crippen LogP contribution in [0.3, 0.4) is 0 Å². The van der Waals surface area contributed by atoms with E-state index in [1.807, 2.05) is 0 Å². The number of hydrogen-bond acceptors (Lipinski definition) is 0. The van der Waals surface area contributed by atoms with Crippen LogP contribution in [-0.4, -0.2) is 0 Å². The number of benzene rings is 8. The molecule has 0 radical (unpaired) electrons. The Labute approximate surface area is 277 Å². The molecular formula is C47H38. The van der Waals surface area contributed by atoms with E-state index in [-0.39, 0.29) is 5.41 Å². The lowest BCUT2D eigenvalue weighted by Crippen LogP contribution is -2.22. The number of fused-ring (bicyclic) bond motifs is 5. The van der Waals surface area contributed by atoms with Gasteiger partial charge in [0, 0.05) is 0 Å². The van der Waals surface area contributed by atoms with E-state index in [1.54, 1.807) is 0 Å². The molecule has 8 aromatic rings. The number of rotatable bonds is 3. The van der Waals surface area contributed by atoms with Crippen LogP contribution in [0, 0.1) is 5.92 Å². The zero-order chi connectivity index (χ0) is 31.9. The molecule has 0 heterocycles. The summed E-state index contributed by atoms with van der Waals surface area (Å²) in [5.41, 5.74) is 10.8. The Bertz CT molecular complexity index is 2510. The monoisotopic (exact) mass is 602 g/mol. The molecule has 9 rings (SSSR count). The van der Waals surface area contributed by atoms with Gasteiger partial charge >= 0.3 is 0 Å². The van der Waals surface area contributed by atoms with Crippen molar-refractivity contribution in [2.24, 2.45) is 5.92 Å². The maximum absolute atomic E-state index is 2.58. The normalized spacial score (nSPS) is 17.1. The summed E-state index contributed by atoms with van der Waals surface area (Å²) in [6.45, 7) is 9.75. The van der Waals surface area contributed by atoms with Crippen LogP contribution in [0.4, 0.5) is 0 Å². The quantitative estimate of drug-likeness (QED) is 0.177. The fourth-order valence-corrected chi connectivity index (χ4v) is 8.49.